The normalized spacial score (nSPS) is 22.6. The van der Waals surface area contributed by atoms with Crippen molar-refractivity contribution in [1.29, 1.82) is 0 Å². The lowest BCUT2D eigenvalue weighted by atomic mass is 10.1. The van der Waals surface area contributed by atoms with Gasteiger partial charge in [-0.25, -0.2) is 4.68 Å². The monoisotopic (exact) mass is 341 g/mol. The number of para-hydroxylation sites is 2. The number of nitro groups is 1. The molecule has 2 bridgehead atoms. The molecule has 3 heterocycles. The molecule has 2 aliphatic heterocycles. The van der Waals surface area contributed by atoms with E-state index in [0.29, 0.717) is 11.4 Å². The fraction of sp³-hybridized carbons (Fsp3) is 0.412. The number of nitro benzene ring substituents is 1. The molecule has 0 saturated carbocycles. The molecule has 2 atom stereocenters. The highest BCUT2D eigenvalue weighted by Crippen LogP contribution is 2.29. The van der Waals surface area contributed by atoms with Gasteiger partial charge in [-0.3, -0.25) is 14.9 Å². The van der Waals surface area contributed by atoms with Gasteiger partial charge >= 0.3 is 0 Å². The van der Waals surface area contributed by atoms with Crippen molar-refractivity contribution in [2.75, 3.05) is 13.1 Å². The van der Waals surface area contributed by atoms with Crippen LogP contribution in [0.25, 0.3) is 5.69 Å². The third-order valence-electron chi connectivity index (χ3n) is 5.02. The number of amides is 1. The SMILES string of the molecule is O=C(c1ccn(-c2ccccc2[N+](=O)[O-])n1)N1C2CCNCC1CC2. The molecular formula is C17H19N5O3. The third-order valence-corrected chi connectivity index (χ3v) is 5.02. The summed E-state index contributed by atoms with van der Waals surface area (Å²) in [6, 6.07) is 8.47. The number of hydrogen-bond acceptors (Lipinski definition) is 5. The minimum Gasteiger partial charge on any atom is -0.330 e. The summed E-state index contributed by atoms with van der Waals surface area (Å²) in [5, 5.41) is 18.9. The van der Waals surface area contributed by atoms with Crippen LogP contribution in [0.5, 0.6) is 0 Å². The summed E-state index contributed by atoms with van der Waals surface area (Å²) < 4.78 is 1.41. The van der Waals surface area contributed by atoms with E-state index in [2.05, 4.69) is 10.4 Å². The topological polar surface area (TPSA) is 93.3 Å². The van der Waals surface area contributed by atoms with Gasteiger partial charge in [0.05, 0.1) is 4.92 Å². The average Bonchev–Trinajstić information content (AvgIpc) is 3.18. The molecule has 0 spiro atoms. The Labute approximate surface area is 144 Å². The molecule has 2 unspecified atom stereocenters. The second-order valence-electron chi connectivity index (χ2n) is 6.48. The highest BCUT2D eigenvalue weighted by Gasteiger charge is 2.39. The number of benzene rings is 1. The predicted molar refractivity (Wildman–Crippen MR) is 90.7 cm³/mol. The quantitative estimate of drug-likeness (QED) is 0.678. The minimum absolute atomic E-state index is 0.0383. The molecule has 8 heteroatoms. The van der Waals surface area contributed by atoms with Gasteiger partial charge in [0.1, 0.15) is 5.69 Å². The molecule has 4 rings (SSSR count). The van der Waals surface area contributed by atoms with Crippen molar-refractivity contribution in [3.63, 3.8) is 0 Å². The Bertz CT molecular complexity index is 804. The molecule has 2 aliphatic rings. The van der Waals surface area contributed by atoms with Crippen molar-refractivity contribution in [3.8, 4) is 5.69 Å². The van der Waals surface area contributed by atoms with Gasteiger partial charge < -0.3 is 10.2 Å². The van der Waals surface area contributed by atoms with E-state index >= 15 is 0 Å². The van der Waals surface area contributed by atoms with E-state index in [9.17, 15) is 14.9 Å². The highest BCUT2D eigenvalue weighted by atomic mass is 16.6. The molecule has 0 aliphatic carbocycles. The number of carbonyl (C=O) groups is 1. The van der Waals surface area contributed by atoms with E-state index in [1.54, 1.807) is 30.5 Å². The Morgan fingerprint density at radius 1 is 1.20 bits per heavy atom. The molecule has 2 aromatic rings. The van der Waals surface area contributed by atoms with Gasteiger partial charge in [0, 0.05) is 30.9 Å². The Balaban J connectivity index is 1.64. The summed E-state index contributed by atoms with van der Waals surface area (Å²) in [5.41, 5.74) is 0.646. The first kappa shape index (κ1) is 15.8. The third kappa shape index (κ3) is 2.78. The maximum Gasteiger partial charge on any atom is 0.294 e. The lowest BCUT2D eigenvalue weighted by Gasteiger charge is -2.27. The zero-order valence-corrected chi connectivity index (χ0v) is 13.7. The van der Waals surface area contributed by atoms with Crippen LogP contribution < -0.4 is 5.32 Å². The van der Waals surface area contributed by atoms with Crippen LogP contribution in [0, 0.1) is 10.1 Å². The minimum atomic E-state index is -0.445. The Morgan fingerprint density at radius 3 is 2.84 bits per heavy atom. The second kappa shape index (κ2) is 6.29. The van der Waals surface area contributed by atoms with Crippen LogP contribution in [0.1, 0.15) is 29.8 Å². The van der Waals surface area contributed by atoms with Gasteiger partial charge in [-0.1, -0.05) is 12.1 Å². The number of carbonyl (C=O) groups excluding carboxylic acids is 1. The molecule has 1 N–H and O–H groups in total. The lowest BCUT2D eigenvalue weighted by molar-refractivity contribution is -0.384. The van der Waals surface area contributed by atoms with E-state index in [-0.39, 0.29) is 23.7 Å². The van der Waals surface area contributed by atoms with Crippen LogP contribution in [0.2, 0.25) is 0 Å². The largest absolute Gasteiger partial charge is 0.330 e. The van der Waals surface area contributed by atoms with Crippen LogP contribution in [0.3, 0.4) is 0 Å². The van der Waals surface area contributed by atoms with Gasteiger partial charge in [0.15, 0.2) is 5.69 Å². The second-order valence-corrected chi connectivity index (χ2v) is 6.48. The molecule has 2 fully saturated rings. The number of nitrogens with one attached hydrogen (secondary N) is 1. The van der Waals surface area contributed by atoms with Gasteiger partial charge in [-0.05, 0) is 37.9 Å². The first-order valence-electron chi connectivity index (χ1n) is 8.48. The standard InChI is InChI=1S/C17H19N5O3/c23-17(21-12-5-6-13(21)11-18-9-7-12)14-8-10-20(19-14)15-3-1-2-4-16(15)22(24)25/h1-4,8,10,12-13,18H,5-7,9,11H2. The van der Waals surface area contributed by atoms with Gasteiger partial charge in [0.2, 0.25) is 0 Å². The van der Waals surface area contributed by atoms with Crippen molar-refractivity contribution in [2.45, 2.75) is 31.3 Å². The van der Waals surface area contributed by atoms with Crippen molar-refractivity contribution in [2.24, 2.45) is 0 Å². The molecule has 1 aromatic carbocycles. The zero-order chi connectivity index (χ0) is 17.4. The van der Waals surface area contributed by atoms with E-state index in [1.165, 1.54) is 10.7 Å². The zero-order valence-electron chi connectivity index (χ0n) is 13.7. The molecule has 0 radical (unpaired) electrons. The molecule has 1 aromatic heterocycles. The molecular weight excluding hydrogens is 322 g/mol. The summed E-state index contributed by atoms with van der Waals surface area (Å²) in [4.78, 5) is 25.7. The van der Waals surface area contributed by atoms with Gasteiger partial charge in [0.25, 0.3) is 11.6 Å². The molecule has 25 heavy (non-hydrogen) atoms. The maximum atomic E-state index is 13.0. The van der Waals surface area contributed by atoms with Crippen molar-refractivity contribution in [3.05, 3.63) is 52.3 Å². The molecule has 1 amide bonds. The van der Waals surface area contributed by atoms with Crippen LogP contribution in [-0.2, 0) is 0 Å². The Hall–Kier alpha value is -2.74. The maximum absolute atomic E-state index is 13.0. The van der Waals surface area contributed by atoms with Crippen LogP contribution in [-0.4, -0.2) is 50.7 Å². The van der Waals surface area contributed by atoms with Crippen molar-refractivity contribution < 1.29 is 9.72 Å². The first-order valence-corrected chi connectivity index (χ1v) is 8.48. The smallest absolute Gasteiger partial charge is 0.294 e. The van der Waals surface area contributed by atoms with E-state index in [4.69, 9.17) is 0 Å². The number of nitrogens with zero attached hydrogens (tertiary/aromatic N) is 4. The summed E-state index contributed by atoms with van der Waals surface area (Å²) in [5.74, 6) is -0.0893. The van der Waals surface area contributed by atoms with E-state index in [0.717, 1.165) is 32.4 Å². The summed E-state index contributed by atoms with van der Waals surface area (Å²) in [6.07, 6.45) is 4.60. The van der Waals surface area contributed by atoms with Crippen LogP contribution in [0.15, 0.2) is 36.5 Å². The Kier molecular flexibility index (Phi) is 3.96. The van der Waals surface area contributed by atoms with Crippen LogP contribution >= 0.6 is 0 Å². The van der Waals surface area contributed by atoms with E-state index < -0.39 is 4.92 Å². The fourth-order valence-corrected chi connectivity index (χ4v) is 3.83. The predicted octanol–water partition coefficient (Wildman–Crippen LogP) is 1.75. The van der Waals surface area contributed by atoms with Gasteiger partial charge in [-0.15, -0.1) is 0 Å². The van der Waals surface area contributed by atoms with Crippen molar-refractivity contribution in [1.82, 2.24) is 20.0 Å². The average molecular weight is 341 g/mol. The number of hydrogen-bond donors (Lipinski definition) is 1. The van der Waals surface area contributed by atoms with E-state index in [1.807, 2.05) is 4.90 Å². The summed E-state index contributed by atoms with van der Waals surface area (Å²) in [6.45, 7) is 1.74. The number of rotatable bonds is 3. The fourth-order valence-electron chi connectivity index (χ4n) is 3.83. The lowest BCUT2D eigenvalue weighted by Crippen LogP contribution is -2.42. The molecule has 8 nitrogen and oxygen atoms in total. The van der Waals surface area contributed by atoms with Gasteiger partial charge in [-0.2, -0.15) is 5.10 Å². The molecule has 2 saturated heterocycles. The number of fused-ring (bicyclic) bond motifs is 2. The first-order chi connectivity index (χ1) is 12.1. The highest BCUT2D eigenvalue weighted by molar-refractivity contribution is 5.93. The molecule has 130 valence electrons. The summed E-state index contributed by atoms with van der Waals surface area (Å²) >= 11 is 0. The number of aromatic nitrogens is 2. The van der Waals surface area contributed by atoms with Crippen LogP contribution in [0.4, 0.5) is 5.69 Å². The van der Waals surface area contributed by atoms with Crippen molar-refractivity contribution >= 4 is 11.6 Å². The summed E-state index contributed by atoms with van der Waals surface area (Å²) in [7, 11) is 0. The Morgan fingerprint density at radius 2 is 2.00 bits per heavy atom.